The Labute approximate surface area is 134 Å². The van der Waals surface area contributed by atoms with Crippen LogP contribution in [0.4, 0.5) is 0 Å². The summed E-state index contributed by atoms with van der Waals surface area (Å²) in [5.41, 5.74) is 2.40. The number of ether oxygens (including phenoxy) is 1. The zero-order chi connectivity index (χ0) is 15.4. The van der Waals surface area contributed by atoms with Gasteiger partial charge in [-0.1, -0.05) is 37.6 Å². The predicted molar refractivity (Wildman–Crippen MR) is 87.2 cm³/mol. The maximum Gasteiger partial charge on any atom is 0.293 e. The van der Waals surface area contributed by atoms with Crippen molar-refractivity contribution in [2.45, 2.75) is 64.9 Å². The first kappa shape index (κ1) is 14.5. The van der Waals surface area contributed by atoms with Crippen LogP contribution in [0, 0.1) is 28.6 Å². The molecule has 0 unspecified atom stereocenters. The molecule has 0 aliphatic heterocycles. The van der Waals surface area contributed by atoms with Crippen molar-refractivity contribution in [1.82, 2.24) is 0 Å². The van der Waals surface area contributed by atoms with E-state index in [-0.39, 0.29) is 6.10 Å². The Morgan fingerprint density at radius 2 is 2.05 bits per heavy atom. The fraction of sp³-hybridized carbons (Fsp3) is 0.750. The lowest BCUT2D eigenvalue weighted by Gasteiger charge is -2.57. The normalized spacial score (nSPS) is 49.6. The van der Waals surface area contributed by atoms with Crippen LogP contribution in [0.1, 0.15) is 58.8 Å². The van der Waals surface area contributed by atoms with Gasteiger partial charge in [0.15, 0.2) is 0 Å². The van der Waals surface area contributed by atoms with Crippen LogP contribution < -0.4 is 0 Å². The molecule has 6 atom stereocenters. The minimum atomic E-state index is 0.121. The monoisotopic (exact) mass is 300 g/mol. The van der Waals surface area contributed by atoms with Crippen LogP contribution >= 0.6 is 0 Å². The summed E-state index contributed by atoms with van der Waals surface area (Å²) in [4.78, 5) is 10.7. The maximum absolute atomic E-state index is 10.7. The first-order valence-corrected chi connectivity index (χ1v) is 9.03. The van der Waals surface area contributed by atoms with E-state index in [1.165, 1.54) is 32.1 Å². The Morgan fingerprint density at radius 3 is 2.86 bits per heavy atom. The van der Waals surface area contributed by atoms with Gasteiger partial charge in [0.1, 0.15) is 6.10 Å². The summed E-state index contributed by atoms with van der Waals surface area (Å²) >= 11 is 0. The number of allylic oxidation sites excluding steroid dienone is 3. The van der Waals surface area contributed by atoms with Crippen molar-refractivity contribution in [2.75, 3.05) is 0 Å². The van der Waals surface area contributed by atoms with E-state index in [0.717, 1.165) is 30.6 Å². The fourth-order valence-corrected chi connectivity index (χ4v) is 6.30. The lowest BCUT2D eigenvalue weighted by Crippen LogP contribution is -2.49. The van der Waals surface area contributed by atoms with Crippen LogP contribution in [0.15, 0.2) is 23.8 Å². The molecule has 0 N–H and O–H groups in total. The Hall–Kier alpha value is -1.05. The van der Waals surface area contributed by atoms with Gasteiger partial charge in [-0.3, -0.25) is 4.79 Å². The van der Waals surface area contributed by atoms with Gasteiger partial charge in [-0.05, 0) is 67.1 Å². The third-order valence-corrected chi connectivity index (χ3v) is 7.63. The molecule has 0 saturated heterocycles. The highest BCUT2D eigenvalue weighted by molar-refractivity contribution is 5.38. The van der Waals surface area contributed by atoms with Crippen molar-refractivity contribution in [2.24, 2.45) is 28.6 Å². The van der Waals surface area contributed by atoms with Crippen molar-refractivity contribution in [3.8, 4) is 0 Å². The second-order valence-corrected chi connectivity index (χ2v) is 8.54. The van der Waals surface area contributed by atoms with Gasteiger partial charge >= 0.3 is 0 Å². The lowest BCUT2D eigenvalue weighted by atomic mass is 9.48. The summed E-state index contributed by atoms with van der Waals surface area (Å²) in [7, 11) is 0. The molecule has 2 saturated carbocycles. The molecule has 120 valence electrons. The summed E-state index contributed by atoms with van der Waals surface area (Å²) in [6, 6.07) is 0. The van der Waals surface area contributed by atoms with Gasteiger partial charge in [-0.2, -0.15) is 0 Å². The number of carbonyl (C=O) groups excluding carboxylic acids is 1. The molecule has 0 bridgehead atoms. The van der Waals surface area contributed by atoms with E-state index in [4.69, 9.17) is 4.74 Å². The molecule has 0 heterocycles. The minimum absolute atomic E-state index is 0.121. The van der Waals surface area contributed by atoms with Crippen molar-refractivity contribution < 1.29 is 9.53 Å². The van der Waals surface area contributed by atoms with Crippen LogP contribution in [-0.2, 0) is 9.53 Å². The van der Waals surface area contributed by atoms with E-state index >= 15 is 0 Å². The molecule has 0 aromatic carbocycles. The van der Waals surface area contributed by atoms with Gasteiger partial charge in [-0.25, -0.2) is 0 Å². The quantitative estimate of drug-likeness (QED) is 0.548. The zero-order valence-electron chi connectivity index (χ0n) is 13.9. The van der Waals surface area contributed by atoms with Crippen LogP contribution in [0.25, 0.3) is 0 Å². The first-order valence-electron chi connectivity index (χ1n) is 9.03. The van der Waals surface area contributed by atoms with E-state index < -0.39 is 0 Å². The third-order valence-electron chi connectivity index (χ3n) is 7.63. The van der Waals surface area contributed by atoms with Gasteiger partial charge < -0.3 is 4.74 Å². The van der Waals surface area contributed by atoms with Crippen LogP contribution in [0.3, 0.4) is 0 Å². The molecule has 4 aliphatic rings. The average molecular weight is 300 g/mol. The van der Waals surface area contributed by atoms with Crippen molar-refractivity contribution >= 4 is 6.47 Å². The highest BCUT2D eigenvalue weighted by Crippen LogP contribution is 2.63. The van der Waals surface area contributed by atoms with Gasteiger partial charge in [0.25, 0.3) is 6.47 Å². The van der Waals surface area contributed by atoms with Gasteiger partial charge in [0, 0.05) is 6.42 Å². The number of hydrogen-bond donors (Lipinski definition) is 0. The average Bonchev–Trinajstić information content (AvgIpc) is 2.89. The summed E-state index contributed by atoms with van der Waals surface area (Å²) in [5, 5.41) is 0. The minimum Gasteiger partial charge on any atom is -0.464 e. The standard InChI is InChI=1S/C20H28O2/c1-19-9-3-4-17(19)16-6-5-14-12-15(22-13-21)7-11-20(14,2)18(16)8-10-19/h3,5,9,13,15-18H,4,6-8,10-12H2,1-2H3/t15-,16-,17-,18-,19-,20-/m0/s1. The molecule has 4 rings (SSSR count). The second kappa shape index (κ2) is 4.97. The smallest absolute Gasteiger partial charge is 0.293 e. The number of rotatable bonds is 2. The molecule has 4 aliphatic carbocycles. The molecule has 22 heavy (non-hydrogen) atoms. The van der Waals surface area contributed by atoms with E-state index in [2.05, 4.69) is 32.1 Å². The third kappa shape index (κ3) is 1.95. The Kier molecular flexibility index (Phi) is 3.29. The van der Waals surface area contributed by atoms with Crippen LogP contribution in [-0.4, -0.2) is 12.6 Å². The van der Waals surface area contributed by atoms with E-state index in [9.17, 15) is 4.79 Å². The lowest BCUT2D eigenvalue weighted by molar-refractivity contribution is -0.135. The van der Waals surface area contributed by atoms with Crippen molar-refractivity contribution in [1.29, 1.82) is 0 Å². The Bertz CT molecular complexity index is 534. The molecule has 0 aromatic heterocycles. The van der Waals surface area contributed by atoms with Crippen molar-refractivity contribution in [3.05, 3.63) is 23.8 Å². The zero-order valence-corrected chi connectivity index (χ0v) is 13.9. The molecular formula is C20H28O2. The summed E-state index contributed by atoms with van der Waals surface area (Å²) < 4.78 is 5.27. The van der Waals surface area contributed by atoms with E-state index in [0.29, 0.717) is 17.3 Å². The second-order valence-electron chi connectivity index (χ2n) is 8.54. The first-order chi connectivity index (χ1) is 10.6. The number of hydrogen-bond acceptors (Lipinski definition) is 2. The topological polar surface area (TPSA) is 26.3 Å². The molecule has 2 heteroatoms. The number of carbonyl (C=O) groups is 1. The Morgan fingerprint density at radius 1 is 1.18 bits per heavy atom. The van der Waals surface area contributed by atoms with Gasteiger partial charge in [0.05, 0.1) is 0 Å². The molecule has 0 aromatic rings. The van der Waals surface area contributed by atoms with E-state index in [1.807, 2.05) is 0 Å². The molecular weight excluding hydrogens is 272 g/mol. The van der Waals surface area contributed by atoms with Crippen LogP contribution in [0.2, 0.25) is 0 Å². The van der Waals surface area contributed by atoms with Gasteiger partial charge in [0.2, 0.25) is 0 Å². The molecule has 0 amide bonds. The summed E-state index contributed by atoms with van der Waals surface area (Å²) in [5.74, 6) is 2.54. The predicted octanol–water partition coefficient (Wildman–Crippen LogP) is 4.66. The maximum atomic E-state index is 10.7. The Balaban J connectivity index is 1.61. The summed E-state index contributed by atoms with van der Waals surface area (Å²) in [6.45, 7) is 5.61. The molecule has 2 nitrogen and oxygen atoms in total. The molecule has 2 fully saturated rings. The van der Waals surface area contributed by atoms with Crippen LogP contribution in [0.5, 0.6) is 0 Å². The van der Waals surface area contributed by atoms with Crippen molar-refractivity contribution in [3.63, 3.8) is 0 Å². The highest BCUT2D eigenvalue weighted by Gasteiger charge is 2.54. The largest absolute Gasteiger partial charge is 0.464 e. The fourth-order valence-electron chi connectivity index (χ4n) is 6.30. The molecule has 0 spiro atoms. The summed E-state index contributed by atoms with van der Waals surface area (Å²) in [6.07, 6.45) is 16.0. The number of fused-ring (bicyclic) bond motifs is 5. The van der Waals surface area contributed by atoms with Gasteiger partial charge in [-0.15, -0.1) is 0 Å². The van der Waals surface area contributed by atoms with E-state index in [1.54, 1.807) is 5.57 Å². The highest BCUT2D eigenvalue weighted by atomic mass is 16.5. The SMILES string of the molecule is C[C@@]12C=CC[C@H]1[C@@H]1CC=C3C[C@@H](OC=O)CC[C@]3(C)[C@H]1CC2. The molecule has 0 radical (unpaired) electrons.